The molecule has 132 valence electrons. The second-order valence-electron chi connectivity index (χ2n) is 6.23. The van der Waals surface area contributed by atoms with E-state index in [1.54, 1.807) is 19.3 Å². The molecule has 6 heteroatoms. The van der Waals surface area contributed by atoms with Crippen LogP contribution in [-0.4, -0.2) is 32.5 Å². The van der Waals surface area contributed by atoms with Gasteiger partial charge >= 0.3 is 5.97 Å². The first-order chi connectivity index (χ1) is 12.3. The molecule has 0 atom stereocenters. The Hall–Kier alpha value is -2.37. The minimum absolute atomic E-state index is 0.331. The first-order valence-corrected chi connectivity index (χ1v) is 9.08. The zero-order valence-electron chi connectivity index (χ0n) is 14.7. The standard InChI is InChI=1S/C11H14N2O2.C8H10N2/c1-2-15-11(14)10-7-12-8-5-3-4-6-9(8)13-10;1-2-4-8-7(3-1)9-5-6-10-8/h7H,2-6H2,1H3;5-6H,1-4H2. The molecule has 0 bridgehead atoms. The Labute approximate surface area is 148 Å². The van der Waals surface area contributed by atoms with Gasteiger partial charge in [0.25, 0.3) is 0 Å². The lowest BCUT2D eigenvalue weighted by Gasteiger charge is -2.13. The van der Waals surface area contributed by atoms with Gasteiger partial charge in [-0.25, -0.2) is 9.78 Å². The molecule has 0 spiro atoms. The number of hydrogen-bond donors (Lipinski definition) is 0. The zero-order valence-corrected chi connectivity index (χ0v) is 14.7. The summed E-state index contributed by atoms with van der Waals surface area (Å²) in [4.78, 5) is 28.5. The molecule has 25 heavy (non-hydrogen) atoms. The van der Waals surface area contributed by atoms with Gasteiger partial charge in [0.05, 0.1) is 35.6 Å². The van der Waals surface area contributed by atoms with Crippen LogP contribution in [0.3, 0.4) is 0 Å². The fourth-order valence-electron chi connectivity index (χ4n) is 3.15. The van der Waals surface area contributed by atoms with Gasteiger partial charge in [-0.1, -0.05) is 0 Å². The summed E-state index contributed by atoms with van der Waals surface area (Å²) in [7, 11) is 0. The summed E-state index contributed by atoms with van der Waals surface area (Å²) < 4.78 is 4.88. The number of aromatic nitrogens is 4. The van der Waals surface area contributed by atoms with Gasteiger partial charge in [0.2, 0.25) is 0 Å². The highest BCUT2D eigenvalue weighted by Gasteiger charge is 2.16. The number of ether oxygens (including phenoxy) is 1. The van der Waals surface area contributed by atoms with Crippen molar-refractivity contribution >= 4 is 5.97 Å². The van der Waals surface area contributed by atoms with Gasteiger partial charge in [-0.05, 0) is 58.3 Å². The topological polar surface area (TPSA) is 77.9 Å². The van der Waals surface area contributed by atoms with Gasteiger partial charge in [0, 0.05) is 12.4 Å². The Balaban J connectivity index is 0.000000157. The number of carbonyl (C=O) groups is 1. The van der Waals surface area contributed by atoms with Gasteiger partial charge in [0.1, 0.15) is 0 Å². The molecule has 0 amide bonds. The Bertz CT molecular complexity index is 708. The molecule has 4 rings (SSSR count). The lowest BCUT2D eigenvalue weighted by atomic mass is 10.0. The minimum Gasteiger partial charge on any atom is -0.461 e. The van der Waals surface area contributed by atoms with Crippen LogP contribution in [0.5, 0.6) is 0 Å². The molecule has 2 aliphatic carbocycles. The van der Waals surface area contributed by atoms with Crippen LogP contribution in [0, 0.1) is 0 Å². The monoisotopic (exact) mass is 340 g/mol. The van der Waals surface area contributed by atoms with Crippen LogP contribution >= 0.6 is 0 Å². The van der Waals surface area contributed by atoms with Crippen LogP contribution in [0.4, 0.5) is 0 Å². The molecular formula is C19H24N4O2. The van der Waals surface area contributed by atoms with Crippen molar-refractivity contribution in [3.63, 3.8) is 0 Å². The van der Waals surface area contributed by atoms with Crippen molar-refractivity contribution < 1.29 is 9.53 Å². The third kappa shape index (κ3) is 4.59. The van der Waals surface area contributed by atoms with E-state index in [1.165, 1.54) is 36.8 Å². The van der Waals surface area contributed by atoms with Crippen LogP contribution in [0.25, 0.3) is 0 Å². The van der Waals surface area contributed by atoms with E-state index in [-0.39, 0.29) is 5.97 Å². The van der Waals surface area contributed by atoms with E-state index in [1.807, 2.05) is 0 Å². The fourth-order valence-corrected chi connectivity index (χ4v) is 3.15. The number of nitrogens with zero attached hydrogens (tertiary/aromatic N) is 4. The quantitative estimate of drug-likeness (QED) is 0.782. The van der Waals surface area contributed by atoms with Crippen LogP contribution in [-0.2, 0) is 30.4 Å². The van der Waals surface area contributed by atoms with Crippen molar-refractivity contribution in [2.24, 2.45) is 0 Å². The maximum atomic E-state index is 11.4. The number of rotatable bonds is 2. The zero-order chi connectivity index (χ0) is 17.5. The number of esters is 1. The summed E-state index contributed by atoms with van der Waals surface area (Å²) in [6, 6.07) is 0. The summed E-state index contributed by atoms with van der Waals surface area (Å²) in [6.45, 7) is 2.15. The molecule has 0 aliphatic heterocycles. The fraction of sp³-hybridized carbons (Fsp3) is 0.526. The molecule has 2 heterocycles. The minimum atomic E-state index is -0.377. The molecule has 0 aromatic carbocycles. The predicted molar refractivity (Wildman–Crippen MR) is 93.3 cm³/mol. The molecule has 0 fully saturated rings. The van der Waals surface area contributed by atoms with Crippen molar-refractivity contribution in [2.75, 3.05) is 6.61 Å². The molecular weight excluding hydrogens is 316 g/mol. The van der Waals surface area contributed by atoms with Gasteiger partial charge in [-0.2, -0.15) is 0 Å². The third-order valence-corrected chi connectivity index (χ3v) is 4.43. The van der Waals surface area contributed by atoms with E-state index >= 15 is 0 Å². The average Bonchev–Trinajstić information content (AvgIpc) is 2.68. The van der Waals surface area contributed by atoms with E-state index in [4.69, 9.17) is 4.74 Å². The Kier molecular flexibility index (Phi) is 6.04. The van der Waals surface area contributed by atoms with Crippen molar-refractivity contribution in [1.29, 1.82) is 0 Å². The van der Waals surface area contributed by atoms with Crippen molar-refractivity contribution in [3.8, 4) is 0 Å². The number of fused-ring (bicyclic) bond motifs is 2. The second kappa shape index (κ2) is 8.65. The third-order valence-electron chi connectivity index (χ3n) is 4.43. The molecule has 2 aromatic rings. The largest absolute Gasteiger partial charge is 0.461 e. The highest BCUT2D eigenvalue weighted by Crippen LogP contribution is 2.17. The number of carbonyl (C=O) groups excluding carboxylic acids is 1. The normalized spacial score (nSPS) is 15.2. The van der Waals surface area contributed by atoms with Crippen molar-refractivity contribution in [2.45, 2.75) is 58.3 Å². The number of hydrogen-bond acceptors (Lipinski definition) is 6. The summed E-state index contributed by atoms with van der Waals surface area (Å²) >= 11 is 0. The van der Waals surface area contributed by atoms with E-state index in [0.717, 1.165) is 43.5 Å². The molecule has 0 saturated heterocycles. The average molecular weight is 340 g/mol. The molecule has 2 aliphatic rings. The lowest BCUT2D eigenvalue weighted by molar-refractivity contribution is 0.0518. The van der Waals surface area contributed by atoms with Gasteiger partial charge in [-0.15, -0.1) is 0 Å². The second-order valence-corrected chi connectivity index (χ2v) is 6.23. The number of aryl methyl sites for hydroxylation is 4. The predicted octanol–water partition coefficient (Wildman–Crippen LogP) is 2.89. The van der Waals surface area contributed by atoms with Crippen LogP contribution < -0.4 is 0 Å². The van der Waals surface area contributed by atoms with Crippen molar-refractivity contribution in [3.05, 3.63) is 47.1 Å². The highest BCUT2D eigenvalue weighted by atomic mass is 16.5. The van der Waals surface area contributed by atoms with Gasteiger partial charge in [-0.3, -0.25) is 15.0 Å². The SMILES string of the molecule is CCOC(=O)c1cnc2c(n1)CCCC2.c1cnc2c(n1)CCCC2. The molecule has 2 aromatic heterocycles. The Morgan fingerprint density at radius 3 is 1.96 bits per heavy atom. The van der Waals surface area contributed by atoms with Crippen LogP contribution in [0.2, 0.25) is 0 Å². The Morgan fingerprint density at radius 2 is 1.40 bits per heavy atom. The summed E-state index contributed by atoms with van der Waals surface area (Å²) in [6.07, 6.45) is 14.1. The summed E-state index contributed by atoms with van der Waals surface area (Å²) in [5.74, 6) is -0.377. The summed E-state index contributed by atoms with van der Waals surface area (Å²) in [5, 5.41) is 0. The van der Waals surface area contributed by atoms with E-state index in [9.17, 15) is 4.79 Å². The molecule has 0 N–H and O–H groups in total. The van der Waals surface area contributed by atoms with Crippen molar-refractivity contribution in [1.82, 2.24) is 19.9 Å². The highest BCUT2D eigenvalue weighted by molar-refractivity contribution is 5.86. The first kappa shape index (κ1) is 17.5. The molecule has 0 unspecified atom stereocenters. The molecule has 0 radical (unpaired) electrons. The summed E-state index contributed by atoms with van der Waals surface area (Å²) in [5.41, 5.74) is 4.76. The maximum absolute atomic E-state index is 11.4. The van der Waals surface area contributed by atoms with E-state index in [2.05, 4.69) is 19.9 Å². The molecule has 0 saturated carbocycles. The molecule has 6 nitrogen and oxygen atoms in total. The van der Waals surface area contributed by atoms with Gasteiger partial charge < -0.3 is 4.74 Å². The smallest absolute Gasteiger partial charge is 0.358 e. The van der Waals surface area contributed by atoms with E-state index in [0.29, 0.717) is 12.3 Å². The van der Waals surface area contributed by atoms with Crippen LogP contribution in [0.1, 0.15) is 65.9 Å². The van der Waals surface area contributed by atoms with Crippen LogP contribution in [0.15, 0.2) is 18.6 Å². The maximum Gasteiger partial charge on any atom is 0.358 e. The first-order valence-electron chi connectivity index (χ1n) is 9.08. The van der Waals surface area contributed by atoms with E-state index < -0.39 is 0 Å². The van der Waals surface area contributed by atoms with Gasteiger partial charge in [0.15, 0.2) is 5.69 Å². The Morgan fingerprint density at radius 1 is 0.880 bits per heavy atom. The lowest BCUT2D eigenvalue weighted by Crippen LogP contribution is -2.14.